The zero-order valence-electron chi connectivity index (χ0n) is 23.0. The van der Waals surface area contributed by atoms with Crippen molar-refractivity contribution in [2.75, 3.05) is 31.7 Å². The van der Waals surface area contributed by atoms with Crippen molar-refractivity contribution in [3.8, 4) is 17.0 Å². The van der Waals surface area contributed by atoms with Crippen LogP contribution in [-0.2, 0) is 35.5 Å². The molecule has 0 unspecified atom stereocenters. The molecule has 1 aliphatic carbocycles. The highest BCUT2D eigenvalue weighted by Gasteiger charge is 2.71. The average molecular weight is 528 g/mol. The number of methoxy groups -OCH3 is 1. The predicted molar refractivity (Wildman–Crippen MR) is 151 cm³/mol. The van der Waals surface area contributed by atoms with Gasteiger partial charge in [-0.3, -0.25) is 4.79 Å². The number of nitrogens with one attached hydrogen (secondary N) is 1. The van der Waals surface area contributed by atoms with Gasteiger partial charge < -0.3 is 24.8 Å². The molecule has 1 saturated carbocycles. The standard InChI is InChI=1S/C32H37N3O4/c1-4-22-13-21(14-23-11-12-33-16-26(22)23)18-39-30-20(2)7-5-8-25(30)27-9-6-10-29(34-27)35-17-24-15-32(24,31(36)37)28(35)19-38-3/h5-10,13-14,24,28,33H,4,11-12,15-19H2,1-3H3,(H,36,37)/t24-,28+,32+/m0/s1. The molecular weight excluding hydrogens is 490 g/mol. The molecule has 3 atom stereocenters. The number of fused-ring (bicyclic) bond motifs is 2. The number of benzene rings is 2. The fraction of sp³-hybridized carbons (Fsp3) is 0.438. The molecule has 39 heavy (non-hydrogen) atoms. The molecule has 3 heterocycles. The van der Waals surface area contributed by atoms with Crippen molar-refractivity contribution in [2.24, 2.45) is 11.3 Å². The van der Waals surface area contributed by atoms with E-state index in [2.05, 4.69) is 48.3 Å². The van der Waals surface area contributed by atoms with E-state index in [1.165, 1.54) is 22.3 Å². The minimum atomic E-state index is -0.729. The van der Waals surface area contributed by atoms with Gasteiger partial charge in [0.05, 0.1) is 23.8 Å². The number of hydrogen-bond donors (Lipinski definition) is 2. The topological polar surface area (TPSA) is 83.9 Å². The third-order valence-corrected chi connectivity index (χ3v) is 8.91. The van der Waals surface area contributed by atoms with Crippen LogP contribution in [0.4, 0.5) is 5.82 Å². The summed E-state index contributed by atoms with van der Waals surface area (Å²) in [4.78, 5) is 19.3. The molecule has 2 fully saturated rings. The Hall–Kier alpha value is -3.42. The molecule has 3 aromatic rings. The molecule has 1 saturated heterocycles. The van der Waals surface area contributed by atoms with E-state index < -0.39 is 11.4 Å². The number of pyridine rings is 1. The normalized spacial score (nSPS) is 23.3. The quantitative estimate of drug-likeness (QED) is 0.415. The van der Waals surface area contributed by atoms with E-state index in [9.17, 15) is 9.90 Å². The smallest absolute Gasteiger partial charge is 0.312 e. The highest BCUT2D eigenvalue weighted by molar-refractivity contribution is 5.82. The molecule has 7 nitrogen and oxygen atoms in total. The summed E-state index contributed by atoms with van der Waals surface area (Å²) < 4.78 is 12.0. The molecule has 2 N–H and O–H groups in total. The fourth-order valence-corrected chi connectivity index (χ4v) is 6.77. The summed E-state index contributed by atoms with van der Waals surface area (Å²) >= 11 is 0. The van der Waals surface area contributed by atoms with E-state index in [0.29, 0.717) is 26.2 Å². The highest BCUT2D eigenvalue weighted by atomic mass is 16.5. The number of carboxylic acid groups (broad SMARTS) is 1. The Morgan fingerprint density at radius 3 is 2.87 bits per heavy atom. The van der Waals surface area contributed by atoms with Crippen molar-refractivity contribution in [3.05, 3.63) is 76.3 Å². The monoisotopic (exact) mass is 527 g/mol. The van der Waals surface area contributed by atoms with Crippen molar-refractivity contribution >= 4 is 11.8 Å². The van der Waals surface area contributed by atoms with Crippen LogP contribution in [0.2, 0.25) is 0 Å². The molecule has 1 aromatic heterocycles. The van der Waals surface area contributed by atoms with E-state index in [4.69, 9.17) is 14.5 Å². The Labute approximate surface area is 230 Å². The largest absolute Gasteiger partial charge is 0.488 e. The van der Waals surface area contributed by atoms with Crippen molar-refractivity contribution in [3.63, 3.8) is 0 Å². The zero-order chi connectivity index (χ0) is 27.1. The number of aromatic nitrogens is 1. The van der Waals surface area contributed by atoms with Gasteiger partial charge in [-0.2, -0.15) is 0 Å². The first-order valence-electron chi connectivity index (χ1n) is 14.0. The van der Waals surface area contributed by atoms with Crippen LogP contribution in [0.3, 0.4) is 0 Å². The molecule has 2 aliphatic heterocycles. The van der Waals surface area contributed by atoms with Gasteiger partial charge in [-0.1, -0.05) is 37.3 Å². The zero-order valence-corrected chi connectivity index (χ0v) is 23.0. The van der Waals surface area contributed by atoms with E-state index in [1.807, 2.05) is 24.3 Å². The van der Waals surface area contributed by atoms with E-state index in [-0.39, 0.29) is 12.0 Å². The summed E-state index contributed by atoms with van der Waals surface area (Å²) in [5, 5.41) is 13.5. The molecule has 0 amide bonds. The van der Waals surface area contributed by atoms with Crippen molar-refractivity contribution in [1.82, 2.24) is 10.3 Å². The van der Waals surface area contributed by atoms with Gasteiger partial charge in [0.25, 0.3) is 0 Å². The number of nitrogens with zero attached hydrogens (tertiary/aromatic N) is 2. The third kappa shape index (κ3) is 4.47. The molecule has 0 spiro atoms. The molecule has 0 radical (unpaired) electrons. The first-order valence-corrected chi connectivity index (χ1v) is 14.0. The third-order valence-electron chi connectivity index (χ3n) is 8.91. The number of piperidine rings is 1. The van der Waals surface area contributed by atoms with Gasteiger partial charge in [0, 0.05) is 25.8 Å². The van der Waals surface area contributed by atoms with E-state index in [0.717, 1.165) is 54.3 Å². The molecule has 6 rings (SSSR count). The number of aliphatic carboxylic acids is 1. The average Bonchev–Trinajstić information content (AvgIpc) is 3.60. The number of anilines is 1. The maximum atomic E-state index is 12.2. The Bertz CT molecular complexity index is 1390. The van der Waals surface area contributed by atoms with Crippen LogP contribution in [0.25, 0.3) is 11.3 Å². The number of hydrogen-bond acceptors (Lipinski definition) is 6. The predicted octanol–water partition coefficient (Wildman–Crippen LogP) is 4.77. The Kier molecular flexibility index (Phi) is 6.81. The molecule has 0 bridgehead atoms. The van der Waals surface area contributed by atoms with E-state index >= 15 is 0 Å². The molecule has 3 aliphatic rings. The minimum absolute atomic E-state index is 0.138. The van der Waals surface area contributed by atoms with Crippen molar-refractivity contribution in [1.29, 1.82) is 0 Å². The maximum absolute atomic E-state index is 12.2. The van der Waals surface area contributed by atoms with Crippen LogP contribution < -0.4 is 15.0 Å². The lowest BCUT2D eigenvalue weighted by molar-refractivity contribution is -0.144. The van der Waals surface area contributed by atoms with Crippen molar-refractivity contribution < 1.29 is 19.4 Å². The van der Waals surface area contributed by atoms with Gasteiger partial charge >= 0.3 is 5.97 Å². The number of rotatable bonds is 9. The lowest BCUT2D eigenvalue weighted by Crippen LogP contribution is -2.43. The molecule has 2 aromatic carbocycles. The molecule has 7 heteroatoms. The summed E-state index contributed by atoms with van der Waals surface area (Å²) in [6.07, 6.45) is 2.77. The fourth-order valence-electron chi connectivity index (χ4n) is 6.77. The summed E-state index contributed by atoms with van der Waals surface area (Å²) in [5.74, 6) is 1.02. The first kappa shape index (κ1) is 25.8. The Balaban J connectivity index is 1.28. The second-order valence-electron chi connectivity index (χ2n) is 11.2. The summed E-state index contributed by atoms with van der Waals surface area (Å²) in [5.41, 5.74) is 7.55. The van der Waals surface area contributed by atoms with Crippen LogP contribution in [0.15, 0.2) is 48.5 Å². The maximum Gasteiger partial charge on any atom is 0.312 e. The van der Waals surface area contributed by atoms with Gasteiger partial charge in [0.2, 0.25) is 0 Å². The van der Waals surface area contributed by atoms with Crippen LogP contribution in [0.5, 0.6) is 5.75 Å². The highest BCUT2D eigenvalue weighted by Crippen LogP contribution is 2.62. The number of ether oxygens (including phenoxy) is 2. The number of carboxylic acids is 1. The number of carbonyl (C=O) groups is 1. The summed E-state index contributed by atoms with van der Waals surface area (Å²) in [6, 6.07) is 16.5. The molecule has 204 valence electrons. The molecular formula is C32H37N3O4. The summed E-state index contributed by atoms with van der Waals surface area (Å²) in [7, 11) is 1.63. The van der Waals surface area contributed by atoms with Crippen molar-refractivity contribution in [2.45, 2.75) is 52.3 Å². The lowest BCUT2D eigenvalue weighted by atomic mass is 9.92. The number of para-hydroxylation sites is 1. The first-order chi connectivity index (χ1) is 19.0. The van der Waals surface area contributed by atoms with Crippen LogP contribution in [0, 0.1) is 18.3 Å². The number of aryl methyl sites for hydroxylation is 2. The minimum Gasteiger partial charge on any atom is -0.488 e. The van der Waals surface area contributed by atoms with Gasteiger partial charge in [-0.15, -0.1) is 0 Å². The van der Waals surface area contributed by atoms with Gasteiger partial charge in [-0.25, -0.2) is 4.98 Å². The Morgan fingerprint density at radius 1 is 1.23 bits per heavy atom. The van der Waals surface area contributed by atoms with Crippen LogP contribution in [-0.4, -0.2) is 48.9 Å². The van der Waals surface area contributed by atoms with Gasteiger partial charge in [0.1, 0.15) is 18.2 Å². The van der Waals surface area contributed by atoms with Crippen LogP contribution >= 0.6 is 0 Å². The SMILES string of the molecule is CCc1cc(COc2c(C)cccc2-c2cccc(N3C[C@@H]4C[C@]4(C(=O)O)[C@H]3COC)n2)cc2c1CNCC2. The lowest BCUT2D eigenvalue weighted by Gasteiger charge is -2.31. The van der Waals surface area contributed by atoms with Gasteiger partial charge in [-0.05, 0) is 84.7 Å². The van der Waals surface area contributed by atoms with Gasteiger partial charge in [0.15, 0.2) is 0 Å². The van der Waals surface area contributed by atoms with E-state index in [1.54, 1.807) is 7.11 Å². The summed E-state index contributed by atoms with van der Waals surface area (Å²) in [6.45, 7) is 7.78. The van der Waals surface area contributed by atoms with Crippen LogP contribution in [0.1, 0.15) is 41.2 Å². The Morgan fingerprint density at radius 2 is 2.08 bits per heavy atom. The second kappa shape index (κ2) is 10.3. The second-order valence-corrected chi connectivity index (χ2v) is 11.2.